The normalized spacial score (nSPS) is 17.5. The van der Waals surface area contributed by atoms with E-state index in [0.29, 0.717) is 27.6 Å². The van der Waals surface area contributed by atoms with E-state index in [1.54, 1.807) is 30.3 Å². The molecule has 6 heteroatoms. The largest absolute Gasteiger partial charge is 0.507 e. The van der Waals surface area contributed by atoms with Gasteiger partial charge >= 0.3 is 0 Å². The molecule has 1 N–H and O–H groups in total. The standard InChI is InChI=1S/C27H24ClNO4/c1-4-17-8-10-18(11-9-17)25(30)23-24(19-7-5-6-16(2)14-19)29(27(32)26(23)31)20-12-13-22(33-3)21(28)15-20/h5-15,24,30H,4H2,1-3H3/b25-23+. The average molecular weight is 462 g/mol. The van der Waals surface area contributed by atoms with E-state index in [1.165, 1.54) is 12.0 Å². The molecule has 168 valence electrons. The zero-order chi connectivity index (χ0) is 23.7. The first-order chi connectivity index (χ1) is 15.8. The maximum atomic E-state index is 13.2. The first-order valence-electron chi connectivity index (χ1n) is 10.7. The molecule has 0 radical (unpaired) electrons. The highest BCUT2D eigenvalue weighted by Crippen LogP contribution is 2.43. The third-order valence-electron chi connectivity index (χ3n) is 5.85. The number of methoxy groups -OCH3 is 1. The predicted molar refractivity (Wildman–Crippen MR) is 130 cm³/mol. The van der Waals surface area contributed by atoms with Crippen LogP contribution in [0, 0.1) is 6.92 Å². The average Bonchev–Trinajstić information content (AvgIpc) is 3.09. The van der Waals surface area contributed by atoms with Crippen LogP contribution in [-0.4, -0.2) is 23.9 Å². The molecule has 0 bridgehead atoms. The van der Waals surface area contributed by atoms with Crippen LogP contribution in [0.4, 0.5) is 5.69 Å². The molecular formula is C27H24ClNO4. The number of anilines is 1. The van der Waals surface area contributed by atoms with Gasteiger partial charge in [0.1, 0.15) is 11.5 Å². The fraction of sp³-hybridized carbons (Fsp3) is 0.185. The van der Waals surface area contributed by atoms with E-state index in [-0.39, 0.29) is 11.3 Å². The second kappa shape index (κ2) is 9.12. The summed E-state index contributed by atoms with van der Waals surface area (Å²) in [6.45, 7) is 3.97. The predicted octanol–water partition coefficient (Wildman–Crippen LogP) is 5.85. The van der Waals surface area contributed by atoms with Gasteiger partial charge in [-0.3, -0.25) is 14.5 Å². The van der Waals surface area contributed by atoms with E-state index in [0.717, 1.165) is 17.5 Å². The molecule has 1 unspecified atom stereocenters. The number of carbonyl (C=O) groups excluding carboxylic acids is 2. The van der Waals surface area contributed by atoms with Crippen LogP contribution in [-0.2, 0) is 16.0 Å². The Morgan fingerprint density at radius 1 is 1.06 bits per heavy atom. The number of benzene rings is 3. The minimum Gasteiger partial charge on any atom is -0.507 e. The number of hydrogen-bond acceptors (Lipinski definition) is 4. The molecule has 5 nitrogen and oxygen atoms in total. The Balaban J connectivity index is 1.93. The summed E-state index contributed by atoms with van der Waals surface area (Å²) in [7, 11) is 1.50. The van der Waals surface area contributed by atoms with Crippen molar-refractivity contribution >= 4 is 34.7 Å². The minimum atomic E-state index is -0.805. The number of aliphatic hydroxyl groups excluding tert-OH is 1. The molecule has 0 saturated carbocycles. The zero-order valence-corrected chi connectivity index (χ0v) is 19.4. The van der Waals surface area contributed by atoms with Crippen LogP contribution in [0.2, 0.25) is 5.02 Å². The van der Waals surface area contributed by atoms with Crippen LogP contribution in [0.1, 0.15) is 35.2 Å². The topological polar surface area (TPSA) is 66.8 Å². The van der Waals surface area contributed by atoms with Gasteiger partial charge in [0.25, 0.3) is 11.7 Å². The Morgan fingerprint density at radius 3 is 2.39 bits per heavy atom. The van der Waals surface area contributed by atoms with Gasteiger partial charge in [0.05, 0.1) is 23.7 Å². The Bertz CT molecular complexity index is 1260. The quantitative estimate of drug-likeness (QED) is 0.294. The summed E-state index contributed by atoms with van der Waals surface area (Å²) in [4.78, 5) is 27.9. The van der Waals surface area contributed by atoms with Gasteiger partial charge < -0.3 is 9.84 Å². The van der Waals surface area contributed by atoms with Crippen molar-refractivity contribution in [2.45, 2.75) is 26.3 Å². The van der Waals surface area contributed by atoms with Crippen molar-refractivity contribution in [3.8, 4) is 5.75 Å². The van der Waals surface area contributed by atoms with Crippen LogP contribution in [0.3, 0.4) is 0 Å². The number of hydrogen-bond donors (Lipinski definition) is 1. The molecule has 0 aliphatic carbocycles. The SMILES string of the molecule is CCc1ccc(/C(O)=C2\C(=O)C(=O)N(c3ccc(OC)c(Cl)c3)C2c2cccc(C)c2)cc1. The molecule has 1 atom stereocenters. The van der Waals surface area contributed by atoms with Gasteiger partial charge in [-0.15, -0.1) is 0 Å². The molecule has 3 aromatic rings. The lowest BCUT2D eigenvalue weighted by Gasteiger charge is -2.26. The smallest absolute Gasteiger partial charge is 0.300 e. The first kappa shape index (κ1) is 22.6. The van der Waals surface area contributed by atoms with Gasteiger partial charge in [-0.05, 0) is 42.7 Å². The lowest BCUT2D eigenvalue weighted by Crippen LogP contribution is -2.29. The highest BCUT2D eigenvalue weighted by Gasteiger charge is 2.47. The maximum Gasteiger partial charge on any atom is 0.300 e. The van der Waals surface area contributed by atoms with Gasteiger partial charge in [0.2, 0.25) is 0 Å². The Morgan fingerprint density at radius 2 is 1.79 bits per heavy atom. The van der Waals surface area contributed by atoms with Gasteiger partial charge in [0.15, 0.2) is 0 Å². The third-order valence-corrected chi connectivity index (χ3v) is 6.15. The van der Waals surface area contributed by atoms with Crippen molar-refractivity contribution in [3.63, 3.8) is 0 Å². The number of amides is 1. The van der Waals surface area contributed by atoms with Crippen molar-refractivity contribution < 1.29 is 19.4 Å². The van der Waals surface area contributed by atoms with Crippen molar-refractivity contribution in [2.75, 3.05) is 12.0 Å². The third kappa shape index (κ3) is 4.12. The molecule has 1 fully saturated rings. The number of rotatable bonds is 5. The number of Topliss-reactive ketones (excluding diaryl/α,β-unsaturated/α-hetero) is 1. The molecule has 1 saturated heterocycles. The van der Waals surface area contributed by atoms with Crippen LogP contribution in [0.25, 0.3) is 5.76 Å². The Kier molecular flexibility index (Phi) is 6.25. The molecule has 3 aromatic carbocycles. The summed E-state index contributed by atoms with van der Waals surface area (Å²) in [6.07, 6.45) is 0.854. The fourth-order valence-corrected chi connectivity index (χ4v) is 4.37. The van der Waals surface area contributed by atoms with E-state index < -0.39 is 17.7 Å². The maximum absolute atomic E-state index is 13.2. The second-order valence-corrected chi connectivity index (χ2v) is 8.36. The zero-order valence-electron chi connectivity index (χ0n) is 18.6. The van der Waals surface area contributed by atoms with E-state index in [4.69, 9.17) is 16.3 Å². The summed E-state index contributed by atoms with van der Waals surface area (Å²) < 4.78 is 5.22. The molecule has 1 aliphatic rings. The molecule has 1 aliphatic heterocycles. The molecule has 4 rings (SSSR count). The van der Waals surface area contributed by atoms with E-state index in [9.17, 15) is 14.7 Å². The van der Waals surface area contributed by atoms with E-state index in [1.807, 2.05) is 50.2 Å². The molecule has 1 heterocycles. The van der Waals surface area contributed by atoms with E-state index in [2.05, 4.69) is 0 Å². The number of carbonyl (C=O) groups is 2. The van der Waals surface area contributed by atoms with Crippen molar-refractivity contribution in [1.29, 1.82) is 0 Å². The summed E-state index contributed by atoms with van der Waals surface area (Å²) in [5.74, 6) is -1.22. The molecule has 33 heavy (non-hydrogen) atoms. The lowest BCUT2D eigenvalue weighted by atomic mass is 9.94. The number of aliphatic hydroxyl groups is 1. The van der Waals surface area contributed by atoms with Gasteiger partial charge in [-0.1, -0.05) is 72.6 Å². The first-order valence-corrected chi connectivity index (χ1v) is 11.0. The minimum absolute atomic E-state index is 0.0433. The van der Waals surface area contributed by atoms with Gasteiger partial charge in [0, 0.05) is 11.3 Å². The molecule has 1 amide bonds. The van der Waals surface area contributed by atoms with Crippen LogP contribution in [0.15, 0.2) is 72.3 Å². The number of halogens is 1. The van der Waals surface area contributed by atoms with Gasteiger partial charge in [-0.2, -0.15) is 0 Å². The number of nitrogens with zero attached hydrogens (tertiary/aromatic N) is 1. The van der Waals surface area contributed by atoms with Crippen LogP contribution in [0.5, 0.6) is 5.75 Å². The Hall–Kier alpha value is -3.57. The monoisotopic (exact) mass is 461 g/mol. The summed E-state index contributed by atoms with van der Waals surface area (Å²) >= 11 is 6.33. The summed E-state index contributed by atoms with van der Waals surface area (Å²) in [5, 5.41) is 11.5. The highest BCUT2D eigenvalue weighted by molar-refractivity contribution is 6.51. The van der Waals surface area contributed by atoms with Gasteiger partial charge in [-0.25, -0.2) is 0 Å². The highest BCUT2D eigenvalue weighted by atomic mass is 35.5. The van der Waals surface area contributed by atoms with Crippen molar-refractivity contribution in [3.05, 3.63) is 99.6 Å². The fourth-order valence-electron chi connectivity index (χ4n) is 4.11. The molecule has 0 aromatic heterocycles. The van der Waals surface area contributed by atoms with Crippen LogP contribution >= 0.6 is 11.6 Å². The number of ether oxygens (including phenoxy) is 1. The van der Waals surface area contributed by atoms with Crippen molar-refractivity contribution in [2.24, 2.45) is 0 Å². The van der Waals surface area contributed by atoms with Crippen LogP contribution < -0.4 is 9.64 Å². The lowest BCUT2D eigenvalue weighted by molar-refractivity contribution is -0.132. The summed E-state index contributed by atoms with van der Waals surface area (Å²) in [6, 6.07) is 19.0. The summed E-state index contributed by atoms with van der Waals surface area (Å²) in [5.41, 5.74) is 3.76. The van der Waals surface area contributed by atoms with Crippen molar-refractivity contribution in [1.82, 2.24) is 0 Å². The van der Waals surface area contributed by atoms with E-state index >= 15 is 0 Å². The number of ketones is 1. The molecular weight excluding hydrogens is 438 g/mol. The Labute approximate surface area is 197 Å². The second-order valence-electron chi connectivity index (χ2n) is 7.95. The number of aryl methyl sites for hydroxylation is 2. The molecule has 0 spiro atoms.